The number of benzene rings is 2. The maximum atomic E-state index is 12.9. The predicted molar refractivity (Wildman–Crippen MR) is 114 cm³/mol. The summed E-state index contributed by atoms with van der Waals surface area (Å²) in [6.45, 7) is -1.14. The molecule has 1 aromatic heterocycles. The standard InChI is InChI=1S/C18H14Cl2F3N5O5S/c19-12-2-3-13(14(20)6-12)17(29,8-27-10-24-9-25-27)7-26-34(32,33)16-4-1-11(18(21,22)23)5-15(16)28(30)31/h1-6,9-10,26,29H,7-8H2. The Morgan fingerprint density at radius 1 is 1.18 bits per heavy atom. The molecule has 0 amide bonds. The first kappa shape index (κ1) is 25.8. The van der Waals surface area contributed by atoms with Gasteiger partial charge in [0, 0.05) is 28.2 Å². The number of nitro benzene ring substituents is 1. The van der Waals surface area contributed by atoms with Crippen LogP contribution in [-0.2, 0) is 28.3 Å². The summed E-state index contributed by atoms with van der Waals surface area (Å²) in [6.07, 6.45) is -2.52. The van der Waals surface area contributed by atoms with Crippen molar-refractivity contribution in [2.75, 3.05) is 6.54 Å². The number of hydrogen-bond donors (Lipinski definition) is 2. The Morgan fingerprint density at radius 2 is 1.88 bits per heavy atom. The Morgan fingerprint density at radius 3 is 2.44 bits per heavy atom. The molecule has 3 rings (SSSR count). The van der Waals surface area contributed by atoms with E-state index in [4.69, 9.17) is 23.2 Å². The van der Waals surface area contributed by atoms with Crippen LogP contribution in [0.3, 0.4) is 0 Å². The summed E-state index contributed by atoms with van der Waals surface area (Å²) in [4.78, 5) is 12.8. The van der Waals surface area contributed by atoms with Crippen molar-refractivity contribution in [3.05, 3.63) is 80.3 Å². The summed E-state index contributed by atoms with van der Waals surface area (Å²) >= 11 is 12.1. The number of nitro groups is 1. The van der Waals surface area contributed by atoms with Crippen molar-refractivity contribution in [2.45, 2.75) is 23.2 Å². The highest BCUT2D eigenvalue weighted by Crippen LogP contribution is 2.35. The number of halogens is 5. The van der Waals surface area contributed by atoms with Gasteiger partial charge in [-0.3, -0.25) is 10.1 Å². The fourth-order valence-electron chi connectivity index (χ4n) is 3.04. The monoisotopic (exact) mass is 539 g/mol. The van der Waals surface area contributed by atoms with Gasteiger partial charge in [-0.15, -0.1) is 0 Å². The maximum Gasteiger partial charge on any atom is 0.416 e. The lowest BCUT2D eigenvalue weighted by molar-refractivity contribution is -0.388. The largest absolute Gasteiger partial charge is 0.416 e. The zero-order valence-corrected chi connectivity index (χ0v) is 19.0. The summed E-state index contributed by atoms with van der Waals surface area (Å²) in [5.41, 5.74) is -4.71. The Balaban J connectivity index is 2.00. The van der Waals surface area contributed by atoms with E-state index in [0.717, 1.165) is 0 Å². The molecule has 34 heavy (non-hydrogen) atoms. The number of nitrogens with one attached hydrogen (secondary N) is 1. The highest BCUT2D eigenvalue weighted by atomic mass is 35.5. The van der Waals surface area contributed by atoms with Gasteiger partial charge in [0.25, 0.3) is 5.69 Å². The lowest BCUT2D eigenvalue weighted by Crippen LogP contribution is -2.44. The lowest BCUT2D eigenvalue weighted by Gasteiger charge is -2.29. The fourth-order valence-corrected chi connectivity index (χ4v) is 4.87. The molecule has 16 heteroatoms. The first-order valence-electron chi connectivity index (χ1n) is 9.08. The van der Waals surface area contributed by atoms with Crippen LogP contribution in [-0.4, -0.2) is 39.8 Å². The van der Waals surface area contributed by atoms with E-state index in [0.29, 0.717) is 12.1 Å². The van der Waals surface area contributed by atoms with Gasteiger partial charge in [-0.2, -0.15) is 18.3 Å². The number of sulfonamides is 1. The van der Waals surface area contributed by atoms with Crippen molar-refractivity contribution < 1.29 is 31.6 Å². The maximum absolute atomic E-state index is 12.9. The summed E-state index contributed by atoms with van der Waals surface area (Å²) in [6, 6.07) is 5.03. The average molecular weight is 540 g/mol. The number of nitrogens with zero attached hydrogens (tertiary/aromatic N) is 4. The van der Waals surface area contributed by atoms with E-state index in [2.05, 4.69) is 10.1 Å². The lowest BCUT2D eigenvalue weighted by atomic mass is 9.94. The second-order valence-electron chi connectivity index (χ2n) is 7.01. The van der Waals surface area contributed by atoms with Crippen LogP contribution < -0.4 is 4.72 Å². The van der Waals surface area contributed by atoms with Crippen LogP contribution in [0.2, 0.25) is 10.0 Å². The number of aliphatic hydroxyl groups is 1. The molecule has 0 saturated heterocycles. The normalized spacial score (nSPS) is 14.1. The van der Waals surface area contributed by atoms with Crippen LogP contribution in [0.15, 0.2) is 53.9 Å². The van der Waals surface area contributed by atoms with E-state index < -0.39 is 49.4 Å². The summed E-state index contributed by atoms with van der Waals surface area (Å²) < 4.78 is 67.7. The minimum absolute atomic E-state index is 0.0187. The molecule has 0 aliphatic carbocycles. The van der Waals surface area contributed by atoms with Gasteiger partial charge in [0.05, 0.1) is 17.0 Å². The van der Waals surface area contributed by atoms with Crippen molar-refractivity contribution in [3.8, 4) is 0 Å². The van der Waals surface area contributed by atoms with Gasteiger partial charge in [-0.1, -0.05) is 29.3 Å². The average Bonchev–Trinajstić information content (AvgIpc) is 3.24. The van der Waals surface area contributed by atoms with Crippen LogP contribution in [0.1, 0.15) is 11.1 Å². The molecule has 2 N–H and O–H groups in total. The second kappa shape index (κ2) is 9.46. The molecule has 0 radical (unpaired) electrons. The van der Waals surface area contributed by atoms with E-state index >= 15 is 0 Å². The highest BCUT2D eigenvalue weighted by Gasteiger charge is 2.38. The number of rotatable bonds is 8. The van der Waals surface area contributed by atoms with Gasteiger partial charge in [0.15, 0.2) is 4.90 Å². The van der Waals surface area contributed by atoms with Crippen molar-refractivity contribution >= 4 is 38.9 Å². The topological polar surface area (TPSA) is 140 Å². The minimum atomic E-state index is -4.93. The summed E-state index contributed by atoms with van der Waals surface area (Å²) in [5, 5.41) is 26.7. The predicted octanol–water partition coefficient (Wildman–Crippen LogP) is 3.38. The van der Waals surface area contributed by atoms with E-state index in [1.54, 1.807) is 0 Å². The third-order valence-corrected chi connectivity index (χ3v) is 6.65. The highest BCUT2D eigenvalue weighted by molar-refractivity contribution is 7.89. The molecule has 0 bridgehead atoms. The molecule has 182 valence electrons. The van der Waals surface area contributed by atoms with Crippen LogP contribution in [0.5, 0.6) is 0 Å². The zero-order chi connectivity index (χ0) is 25.3. The molecule has 0 fully saturated rings. The molecule has 0 spiro atoms. The van der Waals surface area contributed by atoms with Gasteiger partial charge in [0.2, 0.25) is 10.0 Å². The number of alkyl halides is 3. The van der Waals surface area contributed by atoms with Crippen molar-refractivity contribution in [1.82, 2.24) is 19.5 Å². The van der Waals surface area contributed by atoms with Crippen molar-refractivity contribution in [3.63, 3.8) is 0 Å². The summed E-state index contributed by atoms with van der Waals surface area (Å²) in [5.74, 6) is 0. The summed E-state index contributed by atoms with van der Waals surface area (Å²) in [7, 11) is -4.77. The third-order valence-electron chi connectivity index (χ3n) is 4.65. The Bertz CT molecular complexity index is 1320. The Hall–Kier alpha value is -2.78. The molecule has 1 heterocycles. The third kappa shape index (κ3) is 5.64. The second-order valence-corrected chi connectivity index (χ2v) is 9.59. The van der Waals surface area contributed by atoms with Gasteiger partial charge >= 0.3 is 6.18 Å². The van der Waals surface area contributed by atoms with E-state index in [1.807, 2.05) is 4.72 Å². The molecular formula is C18H14Cl2F3N5O5S. The first-order valence-corrected chi connectivity index (χ1v) is 11.3. The van der Waals surface area contributed by atoms with Crippen molar-refractivity contribution in [2.24, 2.45) is 0 Å². The van der Waals surface area contributed by atoms with Crippen LogP contribution in [0.25, 0.3) is 0 Å². The molecule has 0 aliphatic heterocycles. The Labute approximate surface area is 200 Å². The smallest absolute Gasteiger partial charge is 0.382 e. The molecule has 1 atom stereocenters. The fraction of sp³-hybridized carbons (Fsp3) is 0.222. The van der Waals surface area contributed by atoms with Crippen molar-refractivity contribution in [1.29, 1.82) is 0 Å². The quantitative estimate of drug-likeness (QED) is 0.330. The SMILES string of the molecule is O=[N+]([O-])c1cc(C(F)(F)F)ccc1S(=O)(=O)NCC(O)(Cn1cncn1)c1ccc(Cl)cc1Cl. The van der Waals surface area contributed by atoms with Crippen LogP contribution >= 0.6 is 23.2 Å². The molecule has 2 aromatic carbocycles. The first-order chi connectivity index (χ1) is 15.7. The van der Waals surface area contributed by atoms with Crippen LogP contribution in [0, 0.1) is 10.1 Å². The molecule has 1 unspecified atom stereocenters. The van der Waals surface area contributed by atoms with E-state index in [1.165, 1.54) is 35.5 Å². The van der Waals surface area contributed by atoms with Gasteiger partial charge in [-0.05, 0) is 24.3 Å². The number of aromatic nitrogens is 3. The zero-order valence-electron chi connectivity index (χ0n) is 16.7. The molecule has 0 aliphatic rings. The minimum Gasteiger partial charge on any atom is -0.382 e. The number of hydrogen-bond acceptors (Lipinski definition) is 7. The molecular weight excluding hydrogens is 526 g/mol. The molecule has 3 aromatic rings. The molecule has 10 nitrogen and oxygen atoms in total. The Kier molecular flexibility index (Phi) is 7.19. The van der Waals surface area contributed by atoms with Crippen LogP contribution in [0.4, 0.5) is 18.9 Å². The van der Waals surface area contributed by atoms with Gasteiger partial charge < -0.3 is 5.11 Å². The van der Waals surface area contributed by atoms with E-state index in [9.17, 15) is 36.8 Å². The van der Waals surface area contributed by atoms with Gasteiger partial charge in [0.1, 0.15) is 18.3 Å². The van der Waals surface area contributed by atoms with E-state index in [-0.39, 0.29) is 28.2 Å². The molecule has 0 saturated carbocycles. The van der Waals surface area contributed by atoms with Gasteiger partial charge in [-0.25, -0.2) is 22.8 Å².